The summed E-state index contributed by atoms with van der Waals surface area (Å²) < 4.78 is 20.2. The second-order valence-electron chi connectivity index (χ2n) is 5.97. The molecule has 1 saturated heterocycles. The fourth-order valence-corrected chi connectivity index (χ4v) is 3.78. The summed E-state index contributed by atoms with van der Waals surface area (Å²) in [6, 6.07) is 11.6. The van der Waals surface area contributed by atoms with Gasteiger partial charge in [-0.3, -0.25) is 0 Å². The van der Waals surface area contributed by atoms with Crippen LogP contribution in [0.3, 0.4) is 0 Å². The van der Waals surface area contributed by atoms with Gasteiger partial charge in [0.25, 0.3) is 0 Å². The standard InChI is InChI=1S/C17H18BrN4O3P/c18-11-1-3-12(4-2-11)25-26-23-9-13-5-8-16(24-13)14-6-7-15-17(19)20-10-21-22(14)15/h1-4,6-7,10,13,16,26H,5,8-9H2,(H2,19,20,21). The predicted molar refractivity (Wildman–Crippen MR) is 103 cm³/mol. The number of hydrogen-bond donors (Lipinski definition) is 1. The van der Waals surface area contributed by atoms with Crippen molar-refractivity contribution in [3.8, 4) is 5.75 Å². The minimum atomic E-state index is -0.0570. The highest BCUT2D eigenvalue weighted by atomic mass is 79.9. The van der Waals surface area contributed by atoms with Crippen LogP contribution in [-0.4, -0.2) is 27.3 Å². The van der Waals surface area contributed by atoms with Crippen molar-refractivity contribution in [2.24, 2.45) is 0 Å². The predicted octanol–water partition coefficient (Wildman–Crippen LogP) is 3.90. The minimum Gasteiger partial charge on any atom is -0.450 e. The average Bonchev–Trinajstić information content (AvgIpc) is 3.27. The molecule has 4 rings (SSSR count). The number of benzene rings is 1. The molecular formula is C17H18BrN4O3P. The van der Waals surface area contributed by atoms with Crippen LogP contribution >= 0.6 is 25.0 Å². The molecule has 26 heavy (non-hydrogen) atoms. The molecule has 0 spiro atoms. The molecule has 2 N–H and O–H groups in total. The molecule has 1 aromatic carbocycles. The third kappa shape index (κ3) is 3.83. The fraction of sp³-hybridized carbons (Fsp3) is 0.294. The Morgan fingerprint density at radius 3 is 2.92 bits per heavy atom. The molecule has 1 aliphatic heterocycles. The molecule has 0 radical (unpaired) electrons. The Morgan fingerprint density at radius 2 is 2.08 bits per heavy atom. The van der Waals surface area contributed by atoms with Crippen molar-refractivity contribution in [1.82, 2.24) is 14.6 Å². The molecule has 0 amide bonds. The topological polar surface area (TPSA) is 83.9 Å². The van der Waals surface area contributed by atoms with Gasteiger partial charge in [0, 0.05) is 4.47 Å². The lowest BCUT2D eigenvalue weighted by Gasteiger charge is -2.14. The Hall–Kier alpha value is -1.73. The lowest BCUT2D eigenvalue weighted by Crippen LogP contribution is -2.13. The highest BCUT2D eigenvalue weighted by Gasteiger charge is 2.29. The van der Waals surface area contributed by atoms with E-state index in [0.717, 1.165) is 34.3 Å². The second kappa shape index (κ2) is 7.88. The van der Waals surface area contributed by atoms with Crippen LogP contribution in [0, 0.1) is 0 Å². The van der Waals surface area contributed by atoms with Crippen molar-refractivity contribution in [2.45, 2.75) is 25.0 Å². The SMILES string of the molecule is Nc1ncnn2c(C3CCC(COPOc4ccc(Br)cc4)O3)ccc12. The smallest absolute Gasteiger partial charge is 0.215 e. The maximum Gasteiger partial charge on any atom is 0.215 e. The first-order valence-electron chi connectivity index (χ1n) is 8.23. The average molecular weight is 437 g/mol. The van der Waals surface area contributed by atoms with Gasteiger partial charge in [0.05, 0.1) is 18.4 Å². The van der Waals surface area contributed by atoms with E-state index >= 15 is 0 Å². The number of anilines is 1. The van der Waals surface area contributed by atoms with Crippen molar-refractivity contribution in [3.05, 3.63) is 52.9 Å². The van der Waals surface area contributed by atoms with Crippen molar-refractivity contribution >= 4 is 36.3 Å². The van der Waals surface area contributed by atoms with Crippen LogP contribution in [0.5, 0.6) is 5.75 Å². The van der Waals surface area contributed by atoms with Gasteiger partial charge in [0.1, 0.15) is 23.7 Å². The molecular weight excluding hydrogens is 419 g/mol. The van der Waals surface area contributed by atoms with E-state index in [0.29, 0.717) is 12.4 Å². The molecule has 3 atom stereocenters. The number of nitrogens with two attached hydrogens (primary N) is 1. The molecule has 1 aliphatic rings. The maximum absolute atomic E-state index is 6.12. The quantitative estimate of drug-likeness (QED) is 0.465. The largest absolute Gasteiger partial charge is 0.450 e. The molecule has 0 bridgehead atoms. The highest BCUT2D eigenvalue weighted by molar-refractivity contribution is 9.10. The number of hydrogen-bond acceptors (Lipinski definition) is 6. The Morgan fingerprint density at radius 1 is 1.23 bits per heavy atom. The van der Waals surface area contributed by atoms with Crippen LogP contribution in [0.25, 0.3) is 5.52 Å². The zero-order chi connectivity index (χ0) is 17.9. The van der Waals surface area contributed by atoms with E-state index in [1.165, 1.54) is 6.33 Å². The summed E-state index contributed by atoms with van der Waals surface area (Å²) >= 11 is 3.40. The lowest BCUT2D eigenvalue weighted by atomic mass is 10.1. The van der Waals surface area contributed by atoms with Gasteiger partial charge in [-0.1, -0.05) is 15.9 Å². The lowest BCUT2D eigenvalue weighted by molar-refractivity contribution is 0.0164. The molecule has 3 heterocycles. The molecule has 3 aromatic rings. The van der Waals surface area contributed by atoms with Gasteiger partial charge in [0.2, 0.25) is 9.03 Å². The molecule has 3 unspecified atom stereocenters. The Balaban J connectivity index is 1.28. The highest BCUT2D eigenvalue weighted by Crippen LogP contribution is 2.35. The molecule has 136 valence electrons. The van der Waals surface area contributed by atoms with E-state index in [2.05, 4.69) is 26.0 Å². The maximum atomic E-state index is 6.12. The van der Waals surface area contributed by atoms with Gasteiger partial charge >= 0.3 is 0 Å². The van der Waals surface area contributed by atoms with Gasteiger partial charge < -0.3 is 19.5 Å². The number of rotatable bonds is 6. The van der Waals surface area contributed by atoms with Crippen molar-refractivity contribution < 1.29 is 13.8 Å². The zero-order valence-corrected chi connectivity index (χ0v) is 16.4. The number of fused-ring (bicyclic) bond motifs is 1. The van der Waals surface area contributed by atoms with Crippen LogP contribution in [0.2, 0.25) is 0 Å². The van der Waals surface area contributed by atoms with Crippen molar-refractivity contribution in [1.29, 1.82) is 0 Å². The number of halogens is 1. The molecule has 1 fully saturated rings. The van der Waals surface area contributed by atoms with Crippen LogP contribution in [0.15, 0.2) is 47.2 Å². The van der Waals surface area contributed by atoms with Crippen LogP contribution in [0.4, 0.5) is 5.82 Å². The zero-order valence-electron chi connectivity index (χ0n) is 13.8. The summed E-state index contributed by atoms with van der Waals surface area (Å²) in [6.45, 7) is 0.506. The van der Waals surface area contributed by atoms with E-state index in [-0.39, 0.29) is 21.2 Å². The summed E-state index contributed by atoms with van der Waals surface area (Å²) in [4.78, 5) is 4.01. The molecule has 2 aromatic heterocycles. The molecule has 7 nitrogen and oxygen atoms in total. The van der Waals surface area contributed by atoms with E-state index < -0.39 is 0 Å². The van der Waals surface area contributed by atoms with Crippen molar-refractivity contribution in [3.63, 3.8) is 0 Å². The summed E-state index contributed by atoms with van der Waals surface area (Å²) in [7, 11) is -0.0570. The summed E-state index contributed by atoms with van der Waals surface area (Å²) in [6.07, 6.45) is 3.34. The Kier molecular flexibility index (Phi) is 5.36. The van der Waals surface area contributed by atoms with Crippen LogP contribution < -0.4 is 10.3 Å². The van der Waals surface area contributed by atoms with Gasteiger partial charge in [-0.15, -0.1) is 0 Å². The van der Waals surface area contributed by atoms with Crippen LogP contribution in [0.1, 0.15) is 24.6 Å². The third-order valence-electron chi connectivity index (χ3n) is 4.25. The van der Waals surface area contributed by atoms with Gasteiger partial charge in [0.15, 0.2) is 5.82 Å². The first-order chi connectivity index (χ1) is 12.7. The molecule has 0 aliphatic carbocycles. The monoisotopic (exact) mass is 436 g/mol. The van der Waals surface area contributed by atoms with Gasteiger partial charge in [-0.2, -0.15) is 5.10 Å². The summed E-state index contributed by atoms with van der Waals surface area (Å²) in [5.74, 6) is 1.25. The van der Waals surface area contributed by atoms with Gasteiger partial charge in [-0.05, 0) is 49.2 Å². The minimum absolute atomic E-state index is 0.0175. The number of ether oxygens (including phenoxy) is 1. The normalized spacial score (nSPS) is 20.3. The first kappa shape index (κ1) is 17.7. The van der Waals surface area contributed by atoms with E-state index in [1.54, 1.807) is 4.52 Å². The molecule has 9 heteroatoms. The Labute approximate surface area is 160 Å². The first-order valence-corrected chi connectivity index (χ1v) is 9.84. The summed E-state index contributed by atoms with van der Waals surface area (Å²) in [5.41, 5.74) is 7.68. The summed E-state index contributed by atoms with van der Waals surface area (Å²) in [5, 5.41) is 4.28. The van der Waals surface area contributed by atoms with E-state index in [4.69, 9.17) is 19.5 Å². The van der Waals surface area contributed by atoms with Gasteiger partial charge in [-0.25, -0.2) is 9.50 Å². The number of nitrogen functional groups attached to an aromatic ring is 1. The second-order valence-corrected chi connectivity index (χ2v) is 7.55. The fourth-order valence-electron chi connectivity index (χ4n) is 2.97. The molecule has 0 saturated carbocycles. The van der Waals surface area contributed by atoms with Crippen LogP contribution in [-0.2, 0) is 9.26 Å². The Bertz CT molecular complexity index is 889. The van der Waals surface area contributed by atoms with E-state index in [1.807, 2.05) is 36.4 Å². The number of nitrogens with zero attached hydrogens (tertiary/aromatic N) is 3. The third-order valence-corrected chi connectivity index (χ3v) is 5.38. The number of aromatic nitrogens is 3. The van der Waals surface area contributed by atoms with Crippen molar-refractivity contribution in [2.75, 3.05) is 12.3 Å². The van der Waals surface area contributed by atoms with E-state index in [9.17, 15) is 0 Å².